The normalized spacial score (nSPS) is 9.91. The highest BCUT2D eigenvalue weighted by Gasteiger charge is 2.15. The predicted octanol–water partition coefficient (Wildman–Crippen LogP) is 3.33. The number of benzene rings is 1. The predicted molar refractivity (Wildman–Crippen MR) is 93.9 cm³/mol. The fourth-order valence-electron chi connectivity index (χ4n) is 2.37. The van der Waals surface area contributed by atoms with Gasteiger partial charge < -0.3 is 10.6 Å². The van der Waals surface area contributed by atoms with Crippen LogP contribution in [0.1, 0.15) is 52.0 Å². The van der Waals surface area contributed by atoms with Crippen molar-refractivity contribution in [2.45, 2.75) is 46.5 Å². The molecule has 1 aromatic carbocycles. The van der Waals surface area contributed by atoms with E-state index in [0.717, 1.165) is 36.9 Å². The van der Waals surface area contributed by atoms with Gasteiger partial charge in [-0.15, -0.1) is 0 Å². The smallest absolute Gasteiger partial charge is 0.223 e. The Morgan fingerprint density at radius 2 is 1.70 bits per heavy atom. The number of nitrogens with one attached hydrogen (secondary N) is 2. The van der Waals surface area contributed by atoms with Gasteiger partial charge in [0.15, 0.2) is 0 Å². The van der Waals surface area contributed by atoms with E-state index in [4.69, 9.17) is 0 Å². The Balaban J connectivity index is 2.47. The minimum absolute atomic E-state index is 0.0970. The molecule has 0 saturated carbocycles. The van der Waals surface area contributed by atoms with Crippen LogP contribution in [0.15, 0.2) is 24.3 Å². The van der Waals surface area contributed by atoms with E-state index >= 15 is 0 Å². The van der Waals surface area contributed by atoms with Crippen molar-refractivity contribution in [2.75, 3.05) is 11.9 Å². The maximum absolute atomic E-state index is 12.1. The summed E-state index contributed by atoms with van der Waals surface area (Å²) in [5.41, 5.74) is 1.60. The fraction of sp³-hybridized carbons (Fsp3) is 0.474. The van der Waals surface area contributed by atoms with Crippen LogP contribution in [0, 0.1) is 17.8 Å². The summed E-state index contributed by atoms with van der Waals surface area (Å²) in [5.74, 6) is 6.07. The molecule has 1 aromatic rings. The van der Waals surface area contributed by atoms with Gasteiger partial charge in [0.2, 0.25) is 11.8 Å². The summed E-state index contributed by atoms with van der Waals surface area (Å²) in [6, 6.07) is 7.30. The number of anilines is 1. The number of hydrogen-bond donors (Lipinski definition) is 2. The highest BCUT2D eigenvalue weighted by Crippen LogP contribution is 2.13. The van der Waals surface area contributed by atoms with Crippen molar-refractivity contribution in [3.8, 4) is 11.8 Å². The molecule has 4 heteroatoms. The van der Waals surface area contributed by atoms with Gasteiger partial charge in [0, 0.05) is 24.1 Å². The molecule has 0 aliphatic carbocycles. The van der Waals surface area contributed by atoms with Crippen LogP contribution in [0.4, 0.5) is 5.69 Å². The van der Waals surface area contributed by atoms with E-state index in [1.54, 1.807) is 0 Å². The van der Waals surface area contributed by atoms with Crippen LogP contribution >= 0.6 is 0 Å². The Labute approximate surface area is 139 Å². The molecule has 0 unspecified atom stereocenters. The van der Waals surface area contributed by atoms with Crippen molar-refractivity contribution < 1.29 is 9.59 Å². The van der Waals surface area contributed by atoms with Crippen molar-refractivity contribution in [1.29, 1.82) is 0 Å². The molecular weight excluding hydrogens is 288 g/mol. The van der Waals surface area contributed by atoms with Gasteiger partial charge in [-0.1, -0.05) is 38.5 Å². The molecule has 0 aliphatic heterocycles. The molecule has 0 aliphatic rings. The fourth-order valence-corrected chi connectivity index (χ4v) is 2.37. The quantitative estimate of drug-likeness (QED) is 0.758. The highest BCUT2D eigenvalue weighted by atomic mass is 16.2. The third-order valence-electron chi connectivity index (χ3n) is 3.43. The number of rotatable bonds is 7. The van der Waals surface area contributed by atoms with Crippen LogP contribution in [-0.2, 0) is 9.59 Å². The first-order chi connectivity index (χ1) is 11.1. The van der Waals surface area contributed by atoms with Crippen molar-refractivity contribution in [3.05, 3.63) is 29.8 Å². The summed E-state index contributed by atoms with van der Waals surface area (Å²) in [6.45, 7) is 6.03. The summed E-state index contributed by atoms with van der Waals surface area (Å²) < 4.78 is 0. The van der Waals surface area contributed by atoms with Gasteiger partial charge in [-0.2, -0.15) is 0 Å². The zero-order valence-corrected chi connectivity index (χ0v) is 14.2. The lowest BCUT2D eigenvalue weighted by Gasteiger charge is -2.13. The molecule has 0 fully saturated rings. The maximum Gasteiger partial charge on any atom is 0.223 e. The van der Waals surface area contributed by atoms with Gasteiger partial charge in [0.05, 0.1) is 6.54 Å². The molecule has 0 spiro atoms. The first-order valence-electron chi connectivity index (χ1n) is 8.21. The van der Waals surface area contributed by atoms with E-state index in [0.29, 0.717) is 6.54 Å². The summed E-state index contributed by atoms with van der Waals surface area (Å²) in [4.78, 5) is 23.0. The molecule has 2 N–H and O–H groups in total. The Morgan fingerprint density at radius 3 is 2.22 bits per heavy atom. The van der Waals surface area contributed by atoms with Gasteiger partial charge in [-0.05, 0) is 37.1 Å². The Hall–Kier alpha value is -2.28. The van der Waals surface area contributed by atoms with Gasteiger partial charge in [0.1, 0.15) is 0 Å². The number of amides is 2. The molecule has 4 nitrogen and oxygen atoms in total. The van der Waals surface area contributed by atoms with Gasteiger partial charge in [-0.25, -0.2) is 0 Å². The van der Waals surface area contributed by atoms with Crippen LogP contribution in [0.3, 0.4) is 0 Å². The highest BCUT2D eigenvalue weighted by molar-refractivity contribution is 5.88. The third-order valence-corrected chi connectivity index (χ3v) is 3.43. The first-order valence-corrected chi connectivity index (χ1v) is 8.21. The molecule has 0 radical (unpaired) electrons. The SMILES string of the molecule is CCCC(CCC)C(=O)NCC#Cc1ccc(NC(C)=O)cc1. The summed E-state index contributed by atoms with van der Waals surface area (Å²) in [6.07, 6.45) is 3.89. The van der Waals surface area contributed by atoms with E-state index in [1.807, 2.05) is 24.3 Å². The second-order valence-corrected chi connectivity index (χ2v) is 5.55. The van der Waals surface area contributed by atoms with Crippen molar-refractivity contribution in [1.82, 2.24) is 5.32 Å². The lowest BCUT2D eigenvalue weighted by Crippen LogP contribution is -2.30. The molecule has 0 atom stereocenters. The molecule has 1 rings (SSSR count). The molecule has 0 heterocycles. The van der Waals surface area contributed by atoms with Gasteiger partial charge in [-0.3, -0.25) is 9.59 Å². The zero-order chi connectivity index (χ0) is 17.1. The van der Waals surface area contributed by atoms with E-state index in [1.165, 1.54) is 6.92 Å². The second kappa shape index (κ2) is 10.4. The molecule has 0 aromatic heterocycles. The van der Waals surface area contributed by atoms with Crippen LogP contribution in [0.5, 0.6) is 0 Å². The molecule has 23 heavy (non-hydrogen) atoms. The Bertz CT molecular complexity index is 561. The third kappa shape index (κ3) is 7.51. The van der Waals surface area contributed by atoms with E-state index in [9.17, 15) is 9.59 Å². The maximum atomic E-state index is 12.1. The van der Waals surface area contributed by atoms with Crippen molar-refractivity contribution >= 4 is 17.5 Å². The van der Waals surface area contributed by atoms with Crippen LogP contribution in [0.2, 0.25) is 0 Å². The monoisotopic (exact) mass is 314 g/mol. The number of carbonyl (C=O) groups excluding carboxylic acids is 2. The Morgan fingerprint density at radius 1 is 1.09 bits per heavy atom. The lowest BCUT2D eigenvalue weighted by molar-refractivity contribution is -0.125. The molecule has 0 saturated heterocycles. The van der Waals surface area contributed by atoms with E-state index < -0.39 is 0 Å². The zero-order valence-electron chi connectivity index (χ0n) is 14.2. The van der Waals surface area contributed by atoms with Crippen molar-refractivity contribution in [3.63, 3.8) is 0 Å². The molecular formula is C19H26N2O2. The number of hydrogen-bond acceptors (Lipinski definition) is 2. The lowest BCUT2D eigenvalue weighted by atomic mass is 9.97. The van der Waals surface area contributed by atoms with Gasteiger partial charge >= 0.3 is 0 Å². The van der Waals surface area contributed by atoms with Gasteiger partial charge in [0.25, 0.3) is 0 Å². The Kier molecular flexibility index (Phi) is 8.52. The average molecular weight is 314 g/mol. The number of carbonyl (C=O) groups is 2. The van der Waals surface area contributed by atoms with Crippen LogP contribution < -0.4 is 10.6 Å². The van der Waals surface area contributed by atoms with E-state index in [2.05, 4.69) is 36.3 Å². The summed E-state index contributed by atoms with van der Waals surface area (Å²) in [5, 5.41) is 5.60. The summed E-state index contributed by atoms with van der Waals surface area (Å²) >= 11 is 0. The largest absolute Gasteiger partial charge is 0.345 e. The van der Waals surface area contributed by atoms with E-state index in [-0.39, 0.29) is 17.7 Å². The standard InChI is InChI=1S/C19H26N2O2/c1-4-7-17(8-5-2)19(23)20-14-6-9-16-10-12-18(13-11-16)21-15(3)22/h10-13,17H,4-5,7-8,14H2,1-3H3,(H,20,23)(H,21,22). The molecule has 124 valence electrons. The van der Waals surface area contributed by atoms with Crippen LogP contribution in [-0.4, -0.2) is 18.4 Å². The van der Waals surface area contributed by atoms with Crippen LogP contribution in [0.25, 0.3) is 0 Å². The second-order valence-electron chi connectivity index (χ2n) is 5.55. The molecule has 0 bridgehead atoms. The molecule has 2 amide bonds. The average Bonchev–Trinajstić information content (AvgIpc) is 2.52. The van der Waals surface area contributed by atoms with Crippen molar-refractivity contribution in [2.24, 2.45) is 5.92 Å². The minimum atomic E-state index is -0.0970. The minimum Gasteiger partial charge on any atom is -0.345 e. The topological polar surface area (TPSA) is 58.2 Å². The first kappa shape index (κ1) is 18.8. The summed E-state index contributed by atoms with van der Waals surface area (Å²) in [7, 11) is 0.